The Labute approximate surface area is 808 Å². The van der Waals surface area contributed by atoms with Crippen LogP contribution in [0.2, 0.25) is 0 Å². The number of aliphatic hydroxyl groups excluding tert-OH is 1. The van der Waals surface area contributed by atoms with Crippen molar-refractivity contribution in [1.82, 2.24) is 34.6 Å². The van der Waals surface area contributed by atoms with Crippen LogP contribution in [-0.2, 0) is 128 Å². The Bertz CT molecular complexity index is 6580. The summed E-state index contributed by atoms with van der Waals surface area (Å²) in [5.41, 5.74) is 6.04. The number of nitrogens with one attached hydrogen (secondary N) is 3. The van der Waals surface area contributed by atoms with Crippen molar-refractivity contribution in [3.8, 4) is 39.3 Å². The smallest absolute Gasteiger partial charge is 0.418 e. The van der Waals surface area contributed by atoms with E-state index in [-0.39, 0.29) is 128 Å². The van der Waals surface area contributed by atoms with E-state index in [4.69, 9.17) is 33.2 Å². The van der Waals surface area contributed by atoms with E-state index in [2.05, 4.69) is 20.9 Å². The molecule has 3 aliphatic heterocycles. The average Bonchev–Trinajstić information content (AvgIpc) is 1.73. The number of fused-ring (bicyclic) bond motifs is 3. The molecule has 43 heteroatoms. The van der Waals surface area contributed by atoms with Crippen molar-refractivity contribution in [3.63, 3.8) is 0 Å². The number of benzene rings is 6. The number of ether oxygens (including phenoxy) is 7. The molecule has 9 aromatic rings. The average molecular weight is 2020 g/mol. The molecule has 3 fully saturated rings. The maximum Gasteiger partial charge on any atom is 0.418 e. The van der Waals surface area contributed by atoms with Crippen LogP contribution >= 0.6 is 0 Å². The predicted octanol–water partition coefficient (Wildman–Crippen LogP) is 13.3. The summed E-state index contributed by atoms with van der Waals surface area (Å²) in [6, 6.07) is 7.32. The lowest BCUT2D eigenvalue weighted by Gasteiger charge is -2.38. The van der Waals surface area contributed by atoms with Crippen LogP contribution in [0.3, 0.4) is 0 Å². The molecule has 6 heterocycles. The van der Waals surface area contributed by atoms with E-state index in [0.29, 0.717) is 106 Å². The largest absolute Gasteiger partial charge is 0.496 e. The van der Waals surface area contributed by atoms with Gasteiger partial charge in [0.2, 0.25) is 0 Å². The Morgan fingerprint density at radius 3 is 1.22 bits per heavy atom. The Kier molecular flexibility index (Phi) is 32.3. The van der Waals surface area contributed by atoms with Gasteiger partial charge in [0.05, 0.1) is 108 Å². The van der Waals surface area contributed by atoms with Gasteiger partial charge < -0.3 is 82.6 Å². The van der Waals surface area contributed by atoms with Crippen molar-refractivity contribution in [2.45, 2.75) is 179 Å². The van der Waals surface area contributed by atoms with E-state index >= 15 is 17.6 Å². The molecule has 0 radical (unpaired) electrons. The summed E-state index contributed by atoms with van der Waals surface area (Å²) in [5.74, 6) is -10.3. The van der Waals surface area contributed by atoms with Gasteiger partial charge in [-0.3, -0.25) is 28.8 Å². The van der Waals surface area contributed by atoms with Gasteiger partial charge in [-0.15, -0.1) is 0 Å². The predicted molar refractivity (Wildman–Crippen MR) is 491 cm³/mol. The standard InChI is InChI=1S/C34H34F7N3O5.C34H37F4N3O6.C32H33F5N4O6/c1-17-12-20(44-10-11-49-16-27(44)34(39,40)41)14-25(35)28(17)30(45)42-26(32(47)48-4)13-19-8-9-23(22-7-5-6-21(19)22)29-18(2)24(33(36,37)38)15-43(3)31(29)46;1-18-13-21(41-11-12-47-17-28(41)34(36,37)38)16-25(35)29(18)31(42)39-26(33(44)46-5)15-20-9-10-24(23-8-6-7-22(20)23)30-27(45-4)14-19(2)40(3)32(30)43;1-15-16(2)40(3)30(44)28(38-15)20-6-5-17(21-12-19(42)13-22(20)21)9-25(31(45)46-4)39-29(43)27-23(33)10-18(11-24(27)34)41-7-8-47-14-26(41)32(35,36)37/h8-9,12,14-15,26-27H,5-7,10-11,13,16H2,1-4H3,(H,42,45);9-10,13-14,16,26,28H,6-8,11-12,15,17H2,1-5H3,(H,39,42);5-6,10-11,19,25-26,42H,7-9,12-14H2,1-4H3,(H,39,43)/t26-,27+;26-,28+;19?,25-,26+/m000/s1. The number of aliphatic hydroxyl groups is 1. The summed E-state index contributed by atoms with van der Waals surface area (Å²) in [6.45, 7) is 6.84. The van der Waals surface area contributed by atoms with E-state index in [1.54, 1.807) is 62.8 Å². The van der Waals surface area contributed by atoms with Gasteiger partial charge in [-0.1, -0.05) is 36.4 Å². The normalized spacial score (nSPS) is 17.5. The highest BCUT2D eigenvalue weighted by Crippen LogP contribution is 2.44. The van der Waals surface area contributed by atoms with Crippen molar-refractivity contribution in [1.29, 1.82) is 0 Å². The third kappa shape index (κ3) is 22.6. The fourth-order valence-corrected chi connectivity index (χ4v) is 19.5. The second-order valence-corrected chi connectivity index (χ2v) is 35.8. The van der Waals surface area contributed by atoms with Gasteiger partial charge in [0, 0.05) is 106 Å². The number of esters is 3. The number of amides is 3. The number of alkyl halides is 12. The van der Waals surface area contributed by atoms with Crippen LogP contribution in [-0.4, -0.2) is 208 Å². The molecule has 0 spiro atoms. The summed E-state index contributed by atoms with van der Waals surface area (Å²) >= 11 is 0. The lowest BCUT2D eigenvalue weighted by Crippen LogP contribution is -2.53. The zero-order valence-corrected chi connectivity index (χ0v) is 79.9. The molecule has 3 amide bonds. The van der Waals surface area contributed by atoms with E-state index in [1.807, 2.05) is 13.0 Å². The van der Waals surface area contributed by atoms with Crippen LogP contribution in [0.25, 0.3) is 33.5 Å². The molecule has 27 nitrogen and oxygen atoms in total. The molecule has 7 atom stereocenters. The van der Waals surface area contributed by atoms with Gasteiger partial charge in [0.25, 0.3) is 34.4 Å². The second kappa shape index (κ2) is 43.2. The van der Waals surface area contributed by atoms with E-state index in [0.717, 1.165) is 91.7 Å². The quantitative estimate of drug-likeness (QED) is 0.0278. The molecule has 143 heavy (non-hydrogen) atoms. The zero-order chi connectivity index (χ0) is 105. The molecule has 0 saturated carbocycles. The Hall–Kier alpha value is -13.2. The first-order valence-electron chi connectivity index (χ1n) is 45.5. The first kappa shape index (κ1) is 107. The Morgan fingerprint density at radius 1 is 0.462 bits per heavy atom. The molecule has 3 aliphatic carbocycles. The third-order valence-electron chi connectivity index (χ3n) is 27.0. The number of methoxy groups -OCH3 is 4. The van der Waals surface area contributed by atoms with Gasteiger partial charge in [0.15, 0.2) is 0 Å². The van der Waals surface area contributed by atoms with Gasteiger partial charge >= 0.3 is 42.6 Å². The van der Waals surface area contributed by atoms with Crippen LogP contribution in [0.15, 0.2) is 99.4 Å². The minimum atomic E-state index is -4.74. The summed E-state index contributed by atoms with van der Waals surface area (Å²) in [6.07, 6.45) is -14.8. The second-order valence-electron chi connectivity index (χ2n) is 35.8. The van der Waals surface area contributed by atoms with Crippen molar-refractivity contribution < 1.29 is 137 Å². The Morgan fingerprint density at radius 2 is 0.832 bits per heavy atom. The van der Waals surface area contributed by atoms with E-state index in [1.165, 1.54) is 64.8 Å². The number of pyridine rings is 2. The third-order valence-corrected chi connectivity index (χ3v) is 27.0. The van der Waals surface area contributed by atoms with Gasteiger partial charge in [-0.2, -0.15) is 52.7 Å². The number of halogens is 16. The van der Waals surface area contributed by atoms with Gasteiger partial charge in [0.1, 0.15) is 76.5 Å². The summed E-state index contributed by atoms with van der Waals surface area (Å²) in [4.78, 5) is 125. The number of aryl methyl sites for hydroxylation is 5. The SMILES string of the molecule is COC(=O)[C@H](Cc1ccc(-c2c(C)c(C(F)(F)F)cn(C)c2=O)c2c1CCC2)NC(=O)c1c(C)cc(N2CCOC[C@@H]2C(F)(F)F)cc1F.COC(=O)[C@H](Cc1ccc(-c2c(OC)cc(C)n(C)c2=O)c2c1CCC2)NC(=O)c1c(C)cc(N2CCOC[C@@H]2C(F)(F)F)cc1F.COC(=O)[C@H](Cc1ccc(-c2nc(C)c(C)n(C)c2=O)c2c1CC(O)C2)NC(=O)c1c(F)cc(N2CCOC[C@@H]2C(F)(F)F)cc1F. The monoisotopic (exact) mass is 2020 g/mol. The molecule has 1 unspecified atom stereocenters. The highest BCUT2D eigenvalue weighted by Gasteiger charge is 2.50. The fraction of sp³-hybridized carbons (Fsp3) is 0.440. The number of aromatic nitrogens is 4. The van der Waals surface area contributed by atoms with Crippen LogP contribution in [0.1, 0.15) is 133 Å². The number of rotatable bonds is 22. The summed E-state index contributed by atoms with van der Waals surface area (Å²) < 4.78 is 264. The van der Waals surface area contributed by atoms with Crippen LogP contribution in [0.5, 0.6) is 5.75 Å². The van der Waals surface area contributed by atoms with E-state index < -0.39 is 174 Å². The molecular weight excluding hydrogens is 1920 g/mol. The van der Waals surface area contributed by atoms with Crippen molar-refractivity contribution in [2.75, 3.05) is 102 Å². The molecule has 768 valence electrons. The number of carbonyl (C=O) groups excluding carboxylic acids is 6. The molecule has 0 bridgehead atoms. The first-order valence-corrected chi connectivity index (χ1v) is 45.5. The zero-order valence-electron chi connectivity index (χ0n) is 79.9. The van der Waals surface area contributed by atoms with Crippen molar-refractivity contribution in [3.05, 3.63) is 245 Å². The van der Waals surface area contributed by atoms with Gasteiger partial charge in [-0.25, -0.2) is 36.9 Å². The minimum Gasteiger partial charge on any atom is -0.496 e. The number of hydrogen-bond donors (Lipinski definition) is 4. The van der Waals surface area contributed by atoms with Crippen molar-refractivity contribution >= 4 is 52.7 Å². The number of morpholine rings is 3. The maximum absolute atomic E-state index is 15.5. The van der Waals surface area contributed by atoms with Crippen LogP contribution in [0.4, 0.5) is 87.3 Å². The lowest BCUT2D eigenvalue weighted by atomic mass is 9.89. The number of carbonyl (C=O) groups is 6. The highest BCUT2D eigenvalue weighted by molar-refractivity contribution is 6.00. The molecule has 3 saturated heterocycles. The van der Waals surface area contributed by atoms with Gasteiger partial charge in [-0.05, 0) is 207 Å². The number of anilines is 3. The summed E-state index contributed by atoms with van der Waals surface area (Å²) in [5, 5.41) is 17.9. The minimum absolute atomic E-state index is 0.00280. The molecule has 4 N–H and O–H groups in total. The fourth-order valence-electron chi connectivity index (χ4n) is 19.5. The number of nitrogens with zero attached hydrogens (tertiary/aromatic N) is 7. The lowest BCUT2D eigenvalue weighted by molar-refractivity contribution is -0.167. The van der Waals surface area contributed by atoms with Crippen molar-refractivity contribution in [2.24, 2.45) is 21.1 Å². The van der Waals surface area contributed by atoms with E-state index in [9.17, 15) is 101 Å². The molecule has 15 rings (SSSR count). The molecule has 3 aromatic heterocycles. The molecule has 6 aliphatic rings. The Balaban J connectivity index is 0.000000180. The molecular formula is C100H104F16N10O17. The topological polar surface area (TPSA) is 312 Å². The first-order chi connectivity index (χ1) is 67.3. The van der Waals surface area contributed by atoms with Crippen LogP contribution in [0, 0.1) is 64.8 Å². The molecule has 6 aromatic carbocycles. The number of hydrogen-bond acceptors (Lipinski definition) is 21. The summed E-state index contributed by atoms with van der Waals surface area (Å²) in [7, 11) is 9.42. The highest BCUT2D eigenvalue weighted by atomic mass is 19.4. The van der Waals surface area contributed by atoms with Crippen LogP contribution < -0.4 is 52.1 Å². The maximum atomic E-state index is 15.5.